The summed E-state index contributed by atoms with van der Waals surface area (Å²) in [7, 11) is 4.84. The van der Waals surface area contributed by atoms with Gasteiger partial charge in [0.25, 0.3) is 0 Å². The molecule has 2 aliphatic rings. The van der Waals surface area contributed by atoms with Crippen LogP contribution in [-0.2, 0) is 12.8 Å². The van der Waals surface area contributed by atoms with E-state index < -0.39 is 0 Å². The van der Waals surface area contributed by atoms with Crippen molar-refractivity contribution in [3.05, 3.63) is 71.6 Å². The molecule has 1 aliphatic carbocycles. The Morgan fingerprint density at radius 2 is 2.00 bits per heavy atom. The zero-order valence-electron chi connectivity index (χ0n) is 19.8. The van der Waals surface area contributed by atoms with Gasteiger partial charge in [0.15, 0.2) is 0 Å². The molecule has 2 N–H and O–H groups in total. The van der Waals surface area contributed by atoms with E-state index in [-0.39, 0.29) is 0 Å². The van der Waals surface area contributed by atoms with Crippen molar-refractivity contribution in [2.24, 2.45) is 0 Å². The second-order valence-electron chi connectivity index (χ2n) is 9.08. The number of likely N-dealkylation sites (N-methyl/N-ethyl adjacent to an activating group) is 1. The SMILES string of the molecule is CN(CCc1c[nH]c2c1CC=CC=C2)c1nc(Nc2cccc(P)c2)cc(N2CCCCC2)n1. The lowest BCUT2D eigenvalue weighted by atomic mass is 10.1. The van der Waals surface area contributed by atoms with Gasteiger partial charge in [-0.1, -0.05) is 30.4 Å². The molecule has 0 amide bonds. The summed E-state index contributed by atoms with van der Waals surface area (Å²) in [6.07, 6.45) is 16.4. The van der Waals surface area contributed by atoms with E-state index in [1.807, 2.05) is 0 Å². The van der Waals surface area contributed by atoms with Gasteiger partial charge in [-0.25, -0.2) is 0 Å². The molecule has 1 aliphatic heterocycles. The highest BCUT2D eigenvalue weighted by Crippen LogP contribution is 2.26. The number of benzene rings is 1. The molecule has 3 aromatic rings. The molecule has 0 saturated carbocycles. The number of allylic oxidation sites excluding steroid dienone is 3. The third-order valence-corrected chi connectivity index (χ3v) is 6.90. The van der Waals surface area contributed by atoms with Crippen molar-refractivity contribution >= 4 is 43.9 Å². The quantitative estimate of drug-likeness (QED) is 0.482. The molecular formula is C27H33N6P. The summed E-state index contributed by atoms with van der Waals surface area (Å²) in [6.45, 7) is 2.95. The number of aromatic amines is 1. The van der Waals surface area contributed by atoms with E-state index >= 15 is 0 Å². The summed E-state index contributed by atoms with van der Waals surface area (Å²) in [5, 5.41) is 4.64. The fourth-order valence-electron chi connectivity index (χ4n) is 4.64. The highest BCUT2D eigenvalue weighted by atomic mass is 31.0. The Kier molecular flexibility index (Phi) is 6.96. The number of nitrogens with one attached hydrogen (secondary N) is 2. The van der Waals surface area contributed by atoms with Crippen molar-refractivity contribution < 1.29 is 0 Å². The van der Waals surface area contributed by atoms with E-state index in [0.717, 1.165) is 61.1 Å². The Balaban J connectivity index is 1.37. The van der Waals surface area contributed by atoms with Crippen molar-refractivity contribution in [2.45, 2.75) is 32.1 Å². The topological polar surface area (TPSA) is 60.1 Å². The van der Waals surface area contributed by atoms with Gasteiger partial charge in [-0.15, -0.1) is 9.24 Å². The first-order valence-corrected chi connectivity index (χ1v) is 12.7. The Morgan fingerprint density at radius 3 is 2.85 bits per heavy atom. The van der Waals surface area contributed by atoms with Crippen LogP contribution >= 0.6 is 9.24 Å². The minimum Gasteiger partial charge on any atom is -0.361 e. The standard InChI is InChI=1S/C27H33N6P/c1-32(16-13-20-19-28-24-12-5-2-4-11-23(20)24)27-30-25(29-21-9-8-10-22(34)17-21)18-26(31-27)33-14-6-3-7-15-33/h2,4-5,8-10,12,17-19,28H,3,6-7,11,13-16,34H2,1H3,(H,29,30,31). The summed E-state index contributed by atoms with van der Waals surface area (Å²) in [5.41, 5.74) is 5.00. The molecular weight excluding hydrogens is 439 g/mol. The monoisotopic (exact) mass is 472 g/mol. The lowest BCUT2D eigenvalue weighted by Crippen LogP contribution is -2.31. The van der Waals surface area contributed by atoms with Gasteiger partial charge in [-0.05, 0) is 66.7 Å². The molecule has 1 fully saturated rings. The number of aromatic nitrogens is 3. The first-order valence-electron chi connectivity index (χ1n) is 12.2. The van der Waals surface area contributed by atoms with Crippen LogP contribution in [0.5, 0.6) is 0 Å². The van der Waals surface area contributed by atoms with Crippen LogP contribution in [0.2, 0.25) is 0 Å². The third-order valence-electron chi connectivity index (χ3n) is 6.54. The Morgan fingerprint density at radius 1 is 1.12 bits per heavy atom. The minimum absolute atomic E-state index is 0.758. The molecule has 34 heavy (non-hydrogen) atoms. The van der Waals surface area contributed by atoms with Crippen LogP contribution in [0.4, 0.5) is 23.3 Å². The average molecular weight is 473 g/mol. The molecule has 3 heterocycles. The predicted octanol–water partition coefficient (Wildman–Crippen LogP) is 4.84. The first-order chi connectivity index (χ1) is 16.7. The van der Waals surface area contributed by atoms with Crippen LogP contribution < -0.4 is 20.4 Å². The number of hydrogen-bond acceptors (Lipinski definition) is 5. The Labute approximate surface area is 204 Å². The van der Waals surface area contributed by atoms with E-state index in [0.29, 0.717) is 0 Å². The predicted molar refractivity (Wildman–Crippen MR) is 147 cm³/mol. The van der Waals surface area contributed by atoms with Crippen molar-refractivity contribution in [2.75, 3.05) is 41.8 Å². The summed E-state index contributed by atoms with van der Waals surface area (Å²) in [5.74, 6) is 2.60. The summed E-state index contributed by atoms with van der Waals surface area (Å²) < 4.78 is 0. The molecule has 1 atom stereocenters. The lowest BCUT2D eigenvalue weighted by molar-refractivity contribution is 0.573. The van der Waals surface area contributed by atoms with Gasteiger partial charge in [-0.3, -0.25) is 0 Å². The normalized spacial score (nSPS) is 15.2. The van der Waals surface area contributed by atoms with Gasteiger partial charge in [0, 0.05) is 50.3 Å². The van der Waals surface area contributed by atoms with Crippen molar-refractivity contribution in [1.82, 2.24) is 15.0 Å². The maximum atomic E-state index is 4.99. The van der Waals surface area contributed by atoms with Gasteiger partial charge >= 0.3 is 0 Å². The first kappa shape index (κ1) is 22.7. The second kappa shape index (κ2) is 10.4. The van der Waals surface area contributed by atoms with Crippen LogP contribution in [0.25, 0.3) is 6.08 Å². The molecule has 5 rings (SSSR count). The zero-order chi connectivity index (χ0) is 23.3. The molecule has 0 radical (unpaired) electrons. The van der Waals surface area contributed by atoms with Crippen LogP contribution in [0, 0.1) is 0 Å². The van der Waals surface area contributed by atoms with Crippen molar-refractivity contribution in [1.29, 1.82) is 0 Å². The molecule has 1 aromatic carbocycles. The average Bonchev–Trinajstić information content (AvgIpc) is 3.08. The largest absolute Gasteiger partial charge is 0.361 e. The Hall–Kier alpha value is -3.11. The van der Waals surface area contributed by atoms with Crippen molar-refractivity contribution in [3.63, 3.8) is 0 Å². The highest BCUT2D eigenvalue weighted by Gasteiger charge is 2.17. The fraction of sp³-hybridized carbons (Fsp3) is 0.333. The van der Waals surface area contributed by atoms with Gasteiger partial charge < -0.3 is 20.1 Å². The summed E-state index contributed by atoms with van der Waals surface area (Å²) in [4.78, 5) is 17.9. The molecule has 176 valence electrons. The fourth-order valence-corrected chi connectivity index (χ4v) is 4.93. The molecule has 7 heteroatoms. The molecule has 2 aromatic heterocycles. The second-order valence-corrected chi connectivity index (χ2v) is 9.75. The molecule has 1 saturated heterocycles. The molecule has 0 spiro atoms. The number of hydrogen-bond donors (Lipinski definition) is 2. The summed E-state index contributed by atoms with van der Waals surface area (Å²) >= 11 is 0. The lowest BCUT2D eigenvalue weighted by Gasteiger charge is -2.29. The minimum atomic E-state index is 0.758. The van der Waals surface area contributed by atoms with E-state index in [1.54, 1.807) is 0 Å². The maximum Gasteiger partial charge on any atom is 0.229 e. The van der Waals surface area contributed by atoms with Crippen LogP contribution in [0.3, 0.4) is 0 Å². The maximum absolute atomic E-state index is 4.99. The number of H-pyrrole nitrogens is 1. The number of anilines is 4. The van der Waals surface area contributed by atoms with Gasteiger partial charge in [0.2, 0.25) is 5.95 Å². The smallest absolute Gasteiger partial charge is 0.229 e. The van der Waals surface area contributed by atoms with Crippen LogP contribution in [-0.4, -0.2) is 41.6 Å². The highest BCUT2D eigenvalue weighted by molar-refractivity contribution is 7.27. The van der Waals surface area contributed by atoms with Gasteiger partial charge in [0.05, 0.1) is 0 Å². The van der Waals surface area contributed by atoms with Gasteiger partial charge in [-0.2, -0.15) is 9.97 Å². The van der Waals surface area contributed by atoms with Crippen molar-refractivity contribution in [3.8, 4) is 0 Å². The number of fused-ring (bicyclic) bond motifs is 1. The number of piperidine rings is 1. The van der Waals surface area contributed by atoms with E-state index in [1.165, 1.54) is 36.1 Å². The molecule has 0 bridgehead atoms. The van der Waals surface area contributed by atoms with E-state index in [9.17, 15) is 0 Å². The number of nitrogens with zero attached hydrogens (tertiary/aromatic N) is 4. The van der Waals surface area contributed by atoms with Gasteiger partial charge in [0.1, 0.15) is 11.6 Å². The van der Waals surface area contributed by atoms with E-state index in [4.69, 9.17) is 9.97 Å². The Bertz CT molecular complexity index is 1190. The van der Waals surface area contributed by atoms with Crippen LogP contribution in [0.15, 0.2) is 54.8 Å². The van der Waals surface area contributed by atoms with Crippen LogP contribution in [0.1, 0.15) is 36.1 Å². The third kappa shape index (κ3) is 5.34. The molecule has 6 nitrogen and oxygen atoms in total. The zero-order valence-corrected chi connectivity index (χ0v) is 21.0. The molecule has 1 unspecified atom stereocenters. The number of rotatable bonds is 7. The summed E-state index contributed by atoms with van der Waals surface area (Å²) in [6, 6.07) is 10.4. The van der Waals surface area contributed by atoms with E-state index in [2.05, 4.69) is 97.2 Å².